The van der Waals surface area contributed by atoms with Crippen molar-refractivity contribution < 1.29 is 28.6 Å². The van der Waals surface area contributed by atoms with Crippen molar-refractivity contribution in [2.75, 3.05) is 0 Å². The molecule has 9 heteroatoms. The molecule has 1 aromatic carbocycles. The Hall–Kier alpha value is -1.50. The van der Waals surface area contributed by atoms with E-state index in [2.05, 4.69) is 0 Å². The van der Waals surface area contributed by atoms with E-state index in [1.54, 1.807) is 0 Å². The maximum absolute atomic E-state index is 11.2. The second-order valence-corrected chi connectivity index (χ2v) is 4.84. The molecule has 0 unspecified atom stereocenters. The normalized spacial score (nSPS) is 10.0. The molecule has 0 fully saturated rings. The van der Waals surface area contributed by atoms with Gasteiger partial charge in [0.25, 0.3) is 0 Å². The van der Waals surface area contributed by atoms with Gasteiger partial charge in [-0.05, 0) is 0 Å². The van der Waals surface area contributed by atoms with Gasteiger partial charge >= 0.3 is 17.9 Å². The molecule has 114 valence electrons. The van der Waals surface area contributed by atoms with Gasteiger partial charge < -0.3 is 14.2 Å². The molecule has 0 saturated carbocycles. The Labute approximate surface area is 134 Å². The van der Waals surface area contributed by atoms with Crippen molar-refractivity contribution in [2.24, 2.45) is 0 Å². The number of carbonyl (C=O) groups excluding carboxylic acids is 3. The average Bonchev–Trinajstić information content (AvgIpc) is 2.35. The topological polar surface area (TPSA) is 78.9 Å². The predicted molar refractivity (Wildman–Crippen MR) is 75.4 cm³/mol. The summed E-state index contributed by atoms with van der Waals surface area (Å²) in [6.07, 6.45) is 0. The van der Waals surface area contributed by atoms with Gasteiger partial charge in [0.05, 0.1) is 5.02 Å². The Morgan fingerprint density at radius 2 is 0.905 bits per heavy atom. The van der Waals surface area contributed by atoms with E-state index in [9.17, 15) is 14.4 Å². The molecular weight excluding hydrogens is 346 g/mol. The average molecular weight is 356 g/mol. The van der Waals surface area contributed by atoms with Gasteiger partial charge in [0, 0.05) is 20.8 Å². The summed E-state index contributed by atoms with van der Waals surface area (Å²) < 4.78 is 14.6. The third kappa shape index (κ3) is 4.23. The van der Waals surface area contributed by atoms with Crippen LogP contribution < -0.4 is 14.2 Å². The van der Waals surface area contributed by atoms with Crippen LogP contribution in [0.15, 0.2) is 0 Å². The highest BCUT2D eigenvalue weighted by molar-refractivity contribution is 6.49. The minimum Gasteiger partial charge on any atom is -0.421 e. The standard InChI is InChI=1S/C12H9Cl3O6/c1-4(16)19-10-8(14)7(13)9(15)11(20-5(2)17)12(10)21-6(3)18/h1-3H3. The van der Waals surface area contributed by atoms with E-state index in [1.165, 1.54) is 0 Å². The summed E-state index contributed by atoms with van der Waals surface area (Å²) >= 11 is 17.7. The Morgan fingerprint density at radius 3 is 1.19 bits per heavy atom. The molecule has 1 aromatic rings. The minimum atomic E-state index is -0.772. The molecule has 0 N–H and O–H groups in total. The van der Waals surface area contributed by atoms with Gasteiger partial charge in [-0.1, -0.05) is 34.8 Å². The fraction of sp³-hybridized carbons (Fsp3) is 0.250. The van der Waals surface area contributed by atoms with Crippen molar-refractivity contribution in [3.8, 4) is 17.2 Å². The van der Waals surface area contributed by atoms with Crippen molar-refractivity contribution in [2.45, 2.75) is 20.8 Å². The highest BCUT2D eigenvalue weighted by Crippen LogP contribution is 2.52. The third-order valence-electron chi connectivity index (χ3n) is 1.93. The lowest BCUT2D eigenvalue weighted by Crippen LogP contribution is -2.11. The molecule has 1 rings (SSSR count). The molecule has 0 radical (unpaired) electrons. The summed E-state index contributed by atoms with van der Waals surface area (Å²) in [6.45, 7) is 3.29. The van der Waals surface area contributed by atoms with Gasteiger partial charge in [0.15, 0.2) is 11.5 Å². The number of carbonyl (C=O) groups is 3. The van der Waals surface area contributed by atoms with E-state index in [-0.39, 0.29) is 26.6 Å². The first kappa shape index (κ1) is 17.6. The smallest absolute Gasteiger partial charge is 0.308 e. The van der Waals surface area contributed by atoms with Gasteiger partial charge in [0.1, 0.15) is 10.0 Å². The number of rotatable bonds is 3. The SMILES string of the molecule is CC(=O)Oc1c(Cl)c(Cl)c(Cl)c(OC(C)=O)c1OC(C)=O. The van der Waals surface area contributed by atoms with Crippen LogP contribution in [0.2, 0.25) is 15.1 Å². The third-order valence-corrected chi connectivity index (χ3v) is 3.23. The Bertz CT molecular complexity index is 583. The molecule has 0 amide bonds. The fourth-order valence-electron chi connectivity index (χ4n) is 1.30. The molecule has 21 heavy (non-hydrogen) atoms. The fourth-order valence-corrected chi connectivity index (χ4v) is 1.96. The molecule has 0 saturated heterocycles. The van der Waals surface area contributed by atoms with E-state index < -0.39 is 23.7 Å². The van der Waals surface area contributed by atoms with Crippen molar-refractivity contribution in [3.63, 3.8) is 0 Å². The number of halogens is 3. The van der Waals surface area contributed by atoms with Gasteiger partial charge in [-0.3, -0.25) is 14.4 Å². The summed E-state index contributed by atoms with van der Waals surface area (Å²) in [6, 6.07) is 0. The van der Waals surface area contributed by atoms with Gasteiger partial charge in [-0.2, -0.15) is 0 Å². The quantitative estimate of drug-likeness (QED) is 0.469. The maximum atomic E-state index is 11.2. The lowest BCUT2D eigenvalue weighted by Gasteiger charge is -2.16. The second kappa shape index (κ2) is 6.98. The Morgan fingerprint density at radius 1 is 0.619 bits per heavy atom. The van der Waals surface area contributed by atoms with E-state index in [0.29, 0.717) is 0 Å². The summed E-state index contributed by atoms with van der Waals surface area (Å²) in [5, 5.41) is -0.741. The van der Waals surface area contributed by atoms with Crippen LogP contribution in [0, 0.1) is 0 Å². The van der Waals surface area contributed by atoms with Crippen LogP contribution in [-0.2, 0) is 14.4 Å². The number of benzene rings is 1. The van der Waals surface area contributed by atoms with Crippen molar-refractivity contribution in [3.05, 3.63) is 15.1 Å². The highest BCUT2D eigenvalue weighted by Gasteiger charge is 2.28. The zero-order valence-corrected chi connectivity index (χ0v) is 13.4. The Balaban J connectivity index is 3.65. The van der Waals surface area contributed by atoms with Crippen molar-refractivity contribution in [1.29, 1.82) is 0 Å². The molecule has 0 heterocycles. The first-order valence-electron chi connectivity index (χ1n) is 5.40. The van der Waals surface area contributed by atoms with Gasteiger partial charge in [0.2, 0.25) is 5.75 Å². The van der Waals surface area contributed by atoms with Crippen LogP contribution in [0.5, 0.6) is 17.2 Å². The molecule has 0 aliphatic heterocycles. The lowest BCUT2D eigenvalue weighted by molar-refractivity contribution is -0.135. The molecule has 0 aromatic heterocycles. The van der Waals surface area contributed by atoms with Crippen LogP contribution in [0.4, 0.5) is 0 Å². The summed E-state index contributed by atoms with van der Waals surface area (Å²) in [5.41, 5.74) is 0. The number of hydrogen-bond donors (Lipinski definition) is 0. The van der Waals surface area contributed by atoms with Crippen LogP contribution in [-0.4, -0.2) is 17.9 Å². The van der Waals surface area contributed by atoms with Crippen LogP contribution >= 0.6 is 34.8 Å². The molecular formula is C12H9Cl3O6. The number of esters is 3. The van der Waals surface area contributed by atoms with Crippen molar-refractivity contribution >= 4 is 52.7 Å². The second-order valence-electron chi connectivity index (χ2n) is 3.71. The number of ether oxygens (including phenoxy) is 3. The summed E-state index contributed by atoms with van der Waals surface area (Å²) in [5.74, 6) is -3.43. The lowest BCUT2D eigenvalue weighted by atomic mass is 10.2. The summed E-state index contributed by atoms with van der Waals surface area (Å²) in [7, 11) is 0. The summed E-state index contributed by atoms with van der Waals surface area (Å²) in [4.78, 5) is 33.4. The molecule has 0 spiro atoms. The van der Waals surface area contributed by atoms with Crippen molar-refractivity contribution in [1.82, 2.24) is 0 Å². The number of hydrogen-bond acceptors (Lipinski definition) is 6. The van der Waals surface area contributed by atoms with E-state index in [0.717, 1.165) is 20.8 Å². The van der Waals surface area contributed by atoms with Crippen LogP contribution in [0.3, 0.4) is 0 Å². The van der Waals surface area contributed by atoms with Gasteiger partial charge in [-0.15, -0.1) is 0 Å². The monoisotopic (exact) mass is 354 g/mol. The minimum absolute atomic E-state index is 0.221. The van der Waals surface area contributed by atoms with Gasteiger partial charge in [-0.25, -0.2) is 0 Å². The molecule has 0 aliphatic carbocycles. The zero-order chi connectivity index (χ0) is 16.3. The Kier molecular flexibility index (Phi) is 5.83. The first-order chi connectivity index (χ1) is 9.65. The zero-order valence-electron chi connectivity index (χ0n) is 11.1. The molecule has 0 bridgehead atoms. The largest absolute Gasteiger partial charge is 0.421 e. The molecule has 6 nitrogen and oxygen atoms in total. The van der Waals surface area contributed by atoms with E-state index in [1.807, 2.05) is 0 Å². The highest BCUT2D eigenvalue weighted by atomic mass is 35.5. The van der Waals surface area contributed by atoms with E-state index >= 15 is 0 Å². The molecule has 0 atom stereocenters. The van der Waals surface area contributed by atoms with E-state index in [4.69, 9.17) is 49.0 Å². The van der Waals surface area contributed by atoms with Crippen LogP contribution in [0.1, 0.15) is 20.8 Å². The van der Waals surface area contributed by atoms with Crippen LogP contribution in [0.25, 0.3) is 0 Å². The maximum Gasteiger partial charge on any atom is 0.308 e. The first-order valence-corrected chi connectivity index (χ1v) is 6.54. The predicted octanol–water partition coefficient (Wildman–Crippen LogP) is 3.42. The molecule has 0 aliphatic rings.